The Morgan fingerprint density at radius 2 is 2.04 bits per heavy atom. The summed E-state index contributed by atoms with van der Waals surface area (Å²) < 4.78 is 11.4. The second-order valence-corrected chi connectivity index (χ2v) is 8.09. The molecule has 27 heavy (non-hydrogen) atoms. The van der Waals surface area contributed by atoms with Gasteiger partial charge in [-0.3, -0.25) is 4.79 Å². The summed E-state index contributed by atoms with van der Waals surface area (Å²) in [5, 5.41) is 10.6. The molecular weight excluding hydrogens is 344 g/mol. The van der Waals surface area contributed by atoms with Gasteiger partial charge in [-0.15, -0.1) is 0 Å². The second kappa shape index (κ2) is 8.87. The van der Waals surface area contributed by atoms with Crippen molar-refractivity contribution in [2.45, 2.75) is 84.0 Å². The van der Waals surface area contributed by atoms with E-state index in [1.54, 1.807) is 0 Å². The quantitative estimate of drug-likeness (QED) is 0.425. The molecule has 150 valence electrons. The maximum Gasteiger partial charge on any atom is 0.334 e. The van der Waals surface area contributed by atoms with Crippen molar-refractivity contribution in [3.63, 3.8) is 0 Å². The Bertz CT molecular complexity index is 660. The van der Waals surface area contributed by atoms with Crippen LogP contribution in [0.2, 0.25) is 0 Å². The van der Waals surface area contributed by atoms with Crippen LogP contribution in [0.5, 0.6) is 0 Å². The summed E-state index contributed by atoms with van der Waals surface area (Å²) in [6.07, 6.45) is 6.72. The van der Waals surface area contributed by atoms with Crippen LogP contribution < -0.4 is 0 Å². The number of rotatable bonds is 1. The number of esters is 2. The lowest BCUT2D eigenvalue weighted by Gasteiger charge is -2.35. The molecule has 2 rings (SSSR count). The number of hydrogen-bond donors (Lipinski definition) is 1. The van der Waals surface area contributed by atoms with E-state index in [4.69, 9.17) is 9.47 Å². The highest BCUT2D eigenvalue weighted by molar-refractivity contribution is 5.89. The monoisotopic (exact) mass is 376 g/mol. The first kappa shape index (κ1) is 21.4. The molecule has 1 saturated heterocycles. The van der Waals surface area contributed by atoms with Gasteiger partial charge in [0, 0.05) is 12.5 Å². The van der Waals surface area contributed by atoms with Crippen LogP contribution in [0, 0.1) is 5.92 Å². The van der Waals surface area contributed by atoms with Gasteiger partial charge in [0.05, 0.1) is 6.10 Å². The highest BCUT2D eigenvalue weighted by atomic mass is 16.6. The van der Waals surface area contributed by atoms with Gasteiger partial charge < -0.3 is 14.6 Å². The summed E-state index contributed by atoms with van der Waals surface area (Å²) in [5.74, 6) is -1.00. The molecule has 0 aromatic heterocycles. The zero-order chi connectivity index (χ0) is 20.2. The Kier molecular flexibility index (Phi) is 7.04. The maximum absolute atomic E-state index is 12.6. The smallest absolute Gasteiger partial charge is 0.334 e. The normalized spacial score (nSPS) is 37.1. The van der Waals surface area contributed by atoms with Gasteiger partial charge in [-0.25, -0.2) is 4.79 Å². The topological polar surface area (TPSA) is 72.8 Å². The van der Waals surface area contributed by atoms with Gasteiger partial charge in [0.1, 0.15) is 11.7 Å². The molecule has 0 saturated carbocycles. The summed E-state index contributed by atoms with van der Waals surface area (Å²) in [6.45, 7) is 11.1. The van der Waals surface area contributed by atoms with Crippen molar-refractivity contribution in [3.8, 4) is 0 Å². The fourth-order valence-corrected chi connectivity index (χ4v) is 3.80. The lowest BCUT2D eigenvalue weighted by atomic mass is 9.83. The Balaban J connectivity index is 2.40. The summed E-state index contributed by atoms with van der Waals surface area (Å²) in [4.78, 5) is 24.3. The number of ether oxygens (including phenoxy) is 2. The first-order chi connectivity index (χ1) is 12.6. The van der Waals surface area contributed by atoms with Crippen molar-refractivity contribution in [1.82, 2.24) is 0 Å². The van der Waals surface area contributed by atoms with E-state index >= 15 is 0 Å². The number of carbonyl (C=O) groups excluding carboxylic acids is 2. The van der Waals surface area contributed by atoms with Crippen molar-refractivity contribution in [3.05, 3.63) is 35.5 Å². The Labute approximate surface area is 162 Å². The summed E-state index contributed by atoms with van der Waals surface area (Å²) >= 11 is 0. The van der Waals surface area contributed by atoms with E-state index in [9.17, 15) is 14.7 Å². The summed E-state index contributed by atoms with van der Waals surface area (Å²) in [6, 6.07) is 0. The molecule has 1 fully saturated rings. The Hall–Kier alpha value is -1.88. The van der Waals surface area contributed by atoms with Crippen molar-refractivity contribution < 1.29 is 24.2 Å². The van der Waals surface area contributed by atoms with Crippen LogP contribution in [0.4, 0.5) is 0 Å². The molecule has 0 unspecified atom stereocenters. The van der Waals surface area contributed by atoms with Gasteiger partial charge in [-0.05, 0) is 70.8 Å². The van der Waals surface area contributed by atoms with Gasteiger partial charge >= 0.3 is 11.9 Å². The van der Waals surface area contributed by atoms with Gasteiger partial charge in [-0.1, -0.05) is 24.3 Å². The molecule has 1 aliphatic heterocycles. The molecule has 0 aromatic rings. The molecule has 1 heterocycles. The number of aliphatic hydroxyl groups excluding tert-OH is 1. The van der Waals surface area contributed by atoms with Gasteiger partial charge in [0.2, 0.25) is 0 Å². The van der Waals surface area contributed by atoms with Crippen LogP contribution in [-0.4, -0.2) is 34.9 Å². The minimum absolute atomic E-state index is 0.157. The first-order valence-corrected chi connectivity index (χ1v) is 9.72. The fraction of sp³-hybridized carbons (Fsp3) is 0.636. The summed E-state index contributed by atoms with van der Waals surface area (Å²) in [7, 11) is 0. The molecule has 2 aliphatic rings. The van der Waals surface area contributed by atoms with Crippen LogP contribution in [0.25, 0.3) is 0 Å². The molecule has 5 heteroatoms. The SMILES string of the molecule is C=C1C(=O)O[C@]2(C)CC[C@@H]1C[C@H](O)/C(C)=C/C/C=C(/C)CC[C@@H]2OC(C)=O. The molecule has 2 bridgehead atoms. The standard InChI is InChI=1S/C22H32O5/c1-14-7-6-8-15(2)19(24)13-18-11-12-22(5,27-21(25)16(18)3)20(10-9-14)26-17(4)23/h7-8,18-20,24H,3,6,9-13H2,1-2,4-5H3/b14-7-,15-8+/t18-,19+,20+,22-/m1/s1. The maximum atomic E-state index is 12.6. The van der Waals surface area contributed by atoms with E-state index in [1.807, 2.05) is 26.8 Å². The van der Waals surface area contributed by atoms with Gasteiger partial charge in [0.25, 0.3) is 0 Å². The van der Waals surface area contributed by atoms with E-state index in [-0.39, 0.29) is 11.9 Å². The molecule has 0 amide bonds. The van der Waals surface area contributed by atoms with Crippen LogP contribution in [-0.2, 0) is 19.1 Å². The average molecular weight is 376 g/mol. The average Bonchev–Trinajstić information content (AvgIpc) is 2.69. The minimum Gasteiger partial charge on any atom is -0.458 e. The van der Waals surface area contributed by atoms with E-state index in [0.717, 1.165) is 18.4 Å². The lowest BCUT2D eigenvalue weighted by Crippen LogP contribution is -2.45. The van der Waals surface area contributed by atoms with Crippen LogP contribution in [0.3, 0.4) is 0 Å². The van der Waals surface area contributed by atoms with Crippen LogP contribution >= 0.6 is 0 Å². The van der Waals surface area contributed by atoms with Crippen molar-refractivity contribution in [1.29, 1.82) is 0 Å². The highest BCUT2D eigenvalue weighted by Gasteiger charge is 2.44. The van der Waals surface area contributed by atoms with Gasteiger partial charge in [0.15, 0.2) is 0 Å². The molecule has 0 spiro atoms. The fourth-order valence-electron chi connectivity index (χ4n) is 3.80. The van der Waals surface area contributed by atoms with Crippen molar-refractivity contribution in [2.75, 3.05) is 0 Å². The van der Waals surface area contributed by atoms with Crippen LogP contribution in [0.1, 0.15) is 66.2 Å². The third-order valence-electron chi connectivity index (χ3n) is 5.80. The van der Waals surface area contributed by atoms with Crippen molar-refractivity contribution >= 4 is 11.9 Å². The lowest BCUT2D eigenvalue weighted by molar-refractivity contribution is -0.180. The molecule has 4 atom stereocenters. The van der Waals surface area contributed by atoms with E-state index in [0.29, 0.717) is 31.3 Å². The van der Waals surface area contributed by atoms with Gasteiger partial charge in [-0.2, -0.15) is 0 Å². The summed E-state index contributed by atoms with van der Waals surface area (Å²) in [5.41, 5.74) is 1.56. The van der Waals surface area contributed by atoms with E-state index in [1.165, 1.54) is 12.5 Å². The Morgan fingerprint density at radius 1 is 1.33 bits per heavy atom. The largest absolute Gasteiger partial charge is 0.458 e. The Morgan fingerprint density at radius 3 is 2.70 bits per heavy atom. The minimum atomic E-state index is -0.902. The highest BCUT2D eigenvalue weighted by Crippen LogP contribution is 2.38. The molecule has 1 N–H and O–H groups in total. The van der Waals surface area contributed by atoms with Crippen LogP contribution in [0.15, 0.2) is 35.5 Å². The number of carbonyl (C=O) groups is 2. The predicted octanol–water partition coefficient (Wildman–Crippen LogP) is 4.01. The molecule has 1 aliphatic carbocycles. The molecule has 0 aromatic carbocycles. The third kappa shape index (κ3) is 5.55. The predicted molar refractivity (Wildman–Crippen MR) is 104 cm³/mol. The van der Waals surface area contributed by atoms with Crippen molar-refractivity contribution in [2.24, 2.45) is 5.92 Å². The third-order valence-corrected chi connectivity index (χ3v) is 5.80. The van der Waals surface area contributed by atoms with E-state index < -0.39 is 23.8 Å². The zero-order valence-corrected chi connectivity index (χ0v) is 16.9. The zero-order valence-electron chi connectivity index (χ0n) is 16.9. The van der Waals surface area contributed by atoms with E-state index in [2.05, 4.69) is 12.7 Å². The number of fused-ring (bicyclic) bond motifs is 3. The molecule has 0 radical (unpaired) electrons. The number of allylic oxidation sites excluding steroid dienone is 3. The number of aliphatic hydroxyl groups is 1. The number of hydrogen-bond acceptors (Lipinski definition) is 5. The first-order valence-electron chi connectivity index (χ1n) is 9.72. The molecular formula is C22H32O5. The molecule has 5 nitrogen and oxygen atoms in total. The second-order valence-electron chi connectivity index (χ2n) is 8.09.